The van der Waals surface area contributed by atoms with Crippen molar-refractivity contribution in [2.24, 2.45) is 0 Å². The fourth-order valence-electron chi connectivity index (χ4n) is 2.66. The lowest BCUT2D eigenvalue weighted by Crippen LogP contribution is -2.37. The van der Waals surface area contributed by atoms with E-state index in [0.29, 0.717) is 0 Å². The largest absolute Gasteiger partial charge is 0.0776 e. The third kappa shape index (κ3) is 3.20. The van der Waals surface area contributed by atoms with Gasteiger partial charge in [-0.05, 0) is 28.3 Å². The zero-order valence-electron chi connectivity index (χ0n) is 13.5. The van der Waals surface area contributed by atoms with Crippen molar-refractivity contribution in [2.45, 2.75) is 19.6 Å². The monoisotopic (exact) mass is 302 g/mol. The zero-order chi connectivity index (χ0) is 15.6. The van der Waals surface area contributed by atoms with Gasteiger partial charge in [-0.3, -0.25) is 0 Å². The molecular formula is C21H22Si. The Hall–Kier alpha value is -2.12. The molecule has 0 bridgehead atoms. The predicted octanol–water partition coefficient (Wildman–Crippen LogP) is 5.57. The number of hydrogen-bond donors (Lipinski definition) is 0. The molecule has 0 fully saturated rings. The topological polar surface area (TPSA) is 0 Å². The zero-order valence-corrected chi connectivity index (χ0v) is 14.5. The molecule has 0 saturated heterocycles. The minimum atomic E-state index is -1.36. The Balaban J connectivity index is 2.19. The molecule has 0 atom stereocenters. The third-order valence-electron chi connectivity index (χ3n) is 4.01. The first-order chi connectivity index (χ1) is 10.5. The van der Waals surface area contributed by atoms with E-state index in [-0.39, 0.29) is 0 Å². The van der Waals surface area contributed by atoms with Gasteiger partial charge in [0.25, 0.3) is 0 Å². The van der Waals surface area contributed by atoms with Crippen LogP contribution in [0.25, 0.3) is 22.3 Å². The molecule has 0 aliphatic rings. The van der Waals surface area contributed by atoms with Gasteiger partial charge >= 0.3 is 0 Å². The molecule has 3 aromatic carbocycles. The van der Waals surface area contributed by atoms with Gasteiger partial charge in [-0.15, -0.1) is 0 Å². The molecular weight excluding hydrogens is 280 g/mol. The van der Waals surface area contributed by atoms with Crippen LogP contribution in [-0.4, -0.2) is 8.07 Å². The van der Waals surface area contributed by atoms with Gasteiger partial charge in [-0.25, -0.2) is 0 Å². The minimum Gasteiger partial charge on any atom is -0.0656 e. The highest BCUT2D eigenvalue weighted by Gasteiger charge is 2.18. The summed E-state index contributed by atoms with van der Waals surface area (Å²) < 4.78 is 0. The number of hydrogen-bond acceptors (Lipinski definition) is 0. The highest BCUT2D eigenvalue weighted by Crippen LogP contribution is 2.26. The van der Waals surface area contributed by atoms with E-state index in [1.807, 2.05) is 0 Å². The Kier molecular flexibility index (Phi) is 3.99. The SMILES string of the molecule is C[Si](C)(C)c1cc(-c2ccccc2)cc(-c2ccccc2)c1. The molecule has 0 unspecified atom stereocenters. The summed E-state index contributed by atoms with van der Waals surface area (Å²) in [5.74, 6) is 0. The summed E-state index contributed by atoms with van der Waals surface area (Å²) in [7, 11) is -1.36. The fraction of sp³-hybridized carbons (Fsp3) is 0.143. The molecule has 3 rings (SSSR count). The van der Waals surface area contributed by atoms with Crippen LogP contribution in [0.5, 0.6) is 0 Å². The summed E-state index contributed by atoms with van der Waals surface area (Å²) in [6.07, 6.45) is 0. The Bertz CT molecular complexity index is 695. The van der Waals surface area contributed by atoms with Gasteiger partial charge in [0.2, 0.25) is 0 Å². The minimum absolute atomic E-state index is 1.29. The normalized spacial score (nSPS) is 11.4. The first-order valence-electron chi connectivity index (χ1n) is 7.80. The van der Waals surface area contributed by atoms with Crippen LogP contribution >= 0.6 is 0 Å². The van der Waals surface area contributed by atoms with Crippen LogP contribution in [-0.2, 0) is 0 Å². The molecule has 0 amide bonds. The van der Waals surface area contributed by atoms with Gasteiger partial charge in [0.15, 0.2) is 0 Å². The quantitative estimate of drug-likeness (QED) is 0.555. The summed E-state index contributed by atoms with van der Waals surface area (Å²) in [4.78, 5) is 0. The van der Waals surface area contributed by atoms with Crippen molar-refractivity contribution in [3.05, 3.63) is 78.9 Å². The van der Waals surface area contributed by atoms with Gasteiger partial charge < -0.3 is 0 Å². The van der Waals surface area contributed by atoms with Gasteiger partial charge in [0.05, 0.1) is 8.07 Å². The van der Waals surface area contributed by atoms with Crippen molar-refractivity contribution in [1.82, 2.24) is 0 Å². The molecule has 3 aromatic rings. The molecule has 0 aliphatic carbocycles. The van der Waals surface area contributed by atoms with Crippen LogP contribution in [0.15, 0.2) is 78.9 Å². The van der Waals surface area contributed by atoms with Crippen LogP contribution in [0.1, 0.15) is 0 Å². The molecule has 0 aromatic heterocycles. The third-order valence-corrected chi connectivity index (χ3v) is 6.03. The maximum atomic E-state index is 2.41. The summed E-state index contributed by atoms with van der Waals surface area (Å²) in [6, 6.07) is 28.4. The molecule has 0 nitrogen and oxygen atoms in total. The maximum absolute atomic E-state index is 2.41. The van der Waals surface area contributed by atoms with Crippen LogP contribution in [0.3, 0.4) is 0 Å². The van der Waals surface area contributed by atoms with E-state index in [1.54, 1.807) is 0 Å². The Labute approximate surface area is 134 Å². The molecule has 0 radical (unpaired) electrons. The first kappa shape index (κ1) is 14.8. The number of benzene rings is 3. The molecule has 0 spiro atoms. The lowest BCUT2D eigenvalue weighted by atomic mass is 9.99. The van der Waals surface area contributed by atoms with Crippen LogP contribution in [0, 0.1) is 0 Å². The van der Waals surface area contributed by atoms with E-state index >= 15 is 0 Å². The molecule has 1 heteroatoms. The van der Waals surface area contributed by atoms with Crippen molar-refractivity contribution in [3.63, 3.8) is 0 Å². The van der Waals surface area contributed by atoms with Crippen molar-refractivity contribution in [1.29, 1.82) is 0 Å². The second-order valence-corrected chi connectivity index (χ2v) is 11.9. The van der Waals surface area contributed by atoms with Gasteiger partial charge in [-0.1, -0.05) is 97.6 Å². The summed E-state index contributed by atoms with van der Waals surface area (Å²) >= 11 is 0. The summed E-state index contributed by atoms with van der Waals surface area (Å²) in [5.41, 5.74) is 5.22. The van der Waals surface area contributed by atoms with Crippen LogP contribution < -0.4 is 5.19 Å². The second kappa shape index (κ2) is 5.94. The van der Waals surface area contributed by atoms with E-state index in [1.165, 1.54) is 27.4 Å². The molecule has 0 heterocycles. The van der Waals surface area contributed by atoms with Crippen molar-refractivity contribution in [2.75, 3.05) is 0 Å². The second-order valence-electron chi connectivity index (χ2n) is 6.78. The lowest BCUT2D eigenvalue weighted by molar-refractivity contribution is 1.59. The average Bonchev–Trinajstić information content (AvgIpc) is 2.55. The Morgan fingerprint density at radius 3 is 1.27 bits per heavy atom. The van der Waals surface area contributed by atoms with Crippen LogP contribution in [0.4, 0.5) is 0 Å². The van der Waals surface area contributed by atoms with E-state index in [0.717, 1.165) is 0 Å². The maximum Gasteiger partial charge on any atom is 0.0776 e. The smallest absolute Gasteiger partial charge is 0.0656 e. The molecule has 0 aliphatic heterocycles. The summed E-state index contributed by atoms with van der Waals surface area (Å²) in [6.45, 7) is 7.23. The van der Waals surface area contributed by atoms with E-state index in [2.05, 4.69) is 98.5 Å². The van der Waals surface area contributed by atoms with Crippen molar-refractivity contribution < 1.29 is 0 Å². The van der Waals surface area contributed by atoms with Gasteiger partial charge in [0.1, 0.15) is 0 Å². The van der Waals surface area contributed by atoms with Crippen molar-refractivity contribution >= 4 is 13.3 Å². The Morgan fingerprint density at radius 2 is 0.909 bits per heavy atom. The van der Waals surface area contributed by atoms with E-state index in [4.69, 9.17) is 0 Å². The van der Waals surface area contributed by atoms with E-state index < -0.39 is 8.07 Å². The van der Waals surface area contributed by atoms with Crippen LogP contribution in [0.2, 0.25) is 19.6 Å². The molecule has 110 valence electrons. The molecule has 0 N–H and O–H groups in total. The molecule has 22 heavy (non-hydrogen) atoms. The van der Waals surface area contributed by atoms with Gasteiger partial charge in [-0.2, -0.15) is 0 Å². The van der Waals surface area contributed by atoms with Crippen molar-refractivity contribution in [3.8, 4) is 22.3 Å². The lowest BCUT2D eigenvalue weighted by Gasteiger charge is -2.20. The number of rotatable bonds is 3. The van der Waals surface area contributed by atoms with E-state index in [9.17, 15) is 0 Å². The predicted molar refractivity (Wildman–Crippen MR) is 100 cm³/mol. The average molecular weight is 302 g/mol. The highest BCUT2D eigenvalue weighted by atomic mass is 28.3. The Morgan fingerprint density at radius 1 is 0.500 bits per heavy atom. The van der Waals surface area contributed by atoms with Gasteiger partial charge in [0, 0.05) is 0 Å². The summed E-state index contributed by atoms with van der Waals surface area (Å²) in [5, 5.41) is 1.51. The fourth-order valence-corrected chi connectivity index (χ4v) is 3.83. The first-order valence-corrected chi connectivity index (χ1v) is 11.3. The molecule has 0 saturated carbocycles. The highest BCUT2D eigenvalue weighted by molar-refractivity contribution is 6.88. The standard InChI is InChI=1S/C21H22Si/c1-22(2,3)21-15-19(17-10-6-4-7-11-17)14-20(16-21)18-12-8-5-9-13-18/h4-16H,1-3H3.